The Bertz CT molecular complexity index is 356. The molecule has 4 heteroatoms. The van der Waals surface area contributed by atoms with E-state index >= 15 is 0 Å². The normalized spacial score (nSPS) is 11.9. The molecule has 0 aliphatic carbocycles. The fraction of sp³-hybridized carbons (Fsp3) is 0.500. The van der Waals surface area contributed by atoms with Crippen LogP contribution in [0.4, 0.5) is 5.69 Å². The molecule has 1 aromatic carbocycles. The molecule has 100 valence electrons. The van der Waals surface area contributed by atoms with E-state index in [0.717, 1.165) is 25.1 Å². The summed E-state index contributed by atoms with van der Waals surface area (Å²) in [6.07, 6.45) is 2.24. The molecule has 0 fully saturated rings. The van der Waals surface area contributed by atoms with Gasteiger partial charge < -0.3 is 9.64 Å². The minimum absolute atomic E-state index is 0.229. The van der Waals surface area contributed by atoms with Crippen LogP contribution in [0.1, 0.15) is 19.8 Å². The summed E-state index contributed by atoms with van der Waals surface area (Å²) in [7, 11) is 1.41. The van der Waals surface area contributed by atoms with Gasteiger partial charge in [0.1, 0.15) is 4.83 Å². The van der Waals surface area contributed by atoms with Gasteiger partial charge in [0.05, 0.1) is 7.11 Å². The van der Waals surface area contributed by atoms with Crippen molar-refractivity contribution >= 4 is 27.6 Å². The van der Waals surface area contributed by atoms with Crippen LogP contribution in [0.2, 0.25) is 0 Å². The molecule has 1 unspecified atom stereocenters. The van der Waals surface area contributed by atoms with Crippen LogP contribution in [0, 0.1) is 0 Å². The van der Waals surface area contributed by atoms with Gasteiger partial charge in [-0.25, -0.2) is 0 Å². The zero-order valence-electron chi connectivity index (χ0n) is 10.9. The maximum absolute atomic E-state index is 11.5. The Morgan fingerprint density at radius 2 is 2.06 bits per heavy atom. The molecule has 1 aromatic rings. The van der Waals surface area contributed by atoms with Crippen molar-refractivity contribution in [2.45, 2.75) is 24.6 Å². The second-order valence-electron chi connectivity index (χ2n) is 4.13. The first-order valence-electron chi connectivity index (χ1n) is 6.21. The van der Waals surface area contributed by atoms with Crippen LogP contribution in [0.5, 0.6) is 0 Å². The summed E-state index contributed by atoms with van der Waals surface area (Å²) in [6.45, 7) is 3.73. The number of alkyl halides is 1. The molecule has 0 N–H and O–H groups in total. The summed E-state index contributed by atoms with van der Waals surface area (Å²) in [6, 6.07) is 10.1. The molecule has 0 radical (unpaired) electrons. The molecule has 1 atom stereocenters. The average Bonchev–Trinajstić information content (AvgIpc) is 2.43. The molecule has 18 heavy (non-hydrogen) atoms. The van der Waals surface area contributed by atoms with Crippen molar-refractivity contribution in [1.29, 1.82) is 0 Å². The number of methoxy groups -OCH3 is 1. The number of halogens is 1. The molecule has 1 rings (SSSR count). The van der Waals surface area contributed by atoms with E-state index in [4.69, 9.17) is 4.74 Å². The number of hydrogen-bond acceptors (Lipinski definition) is 3. The first kappa shape index (κ1) is 15.0. The van der Waals surface area contributed by atoms with Gasteiger partial charge in [0.15, 0.2) is 0 Å². The summed E-state index contributed by atoms with van der Waals surface area (Å²) >= 11 is 3.38. The van der Waals surface area contributed by atoms with Gasteiger partial charge in [-0.05, 0) is 18.6 Å². The third-order valence-electron chi connectivity index (χ3n) is 2.74. The van der Waals surface area contributed by atoms with Gasteiger partial charge >= 0.3 is 5.97 Å². The summed E-state index contributed by atoms with van der Waals surface area (Å²) < 4.78 is 4.74. The van der Waals surface area contributed by atoms with Crippen molar-refractivity contribution < 1.29 is 9.53 Å². The summed E-state index contributed by atoms with van der Waals surface area (Å²) in [4.78, 5) is 13.4. The number of nitrogens with zero attached hydrogens (tertiary/aromatic N) is 1. The smallest absolute Gasteiger partial charge is 0.321 e. The molecule has 0 amide bonds. The van der Waals surface area contributed by atoms with E-state index in [1.54, 1.807) is 0 Å². The predicted molar refractivity (Wildman–Crippen MR) is 78.3 cm³/mol. The fourth-order valence-corrected chi connectivity index (χ4v) is 2.25. The van der Waals surface area contributed by atoms with E-state index in [1.807, 2.05) is 18.2 Å². The van der Waals surface area contributed by atoms with Gasteiger partial charge in [-0.15, -0.1) is 0 Å². The van der Waals surface area contributed by atoms with Crippen LogP contribution in [-0.4, -0.2) is 31.0 Å². The van der Waals surface area contributed by atoms with Crippen molar-refractivity contribution in [3.63, 3.8) is 0 Å². The third-order valence-corrected chi connectivity index (χ3v) is 3.40. The highest BCUT2D eigenvalue weighted by Gasteiger charge is 2.19. The lowest BCUT2D eigenvalue weighted by Gasteiger charge is -2.26. The number of hydrogen-bond donors (Lipinski definition) is 0. The minimum atomic E-state index is -0.292. The Balaban J connectivity index is 2.70. The molecule has 3 nitrogen and oxygen atoms in total. The zero-order chi connectivity index (χ0) is 13.4. The molecule has 0 saturated heterocycles. The summed E-state index contributed by atoms with van der Waals surface area (Å²) in [5.41, 5.74) is 1.14. The first-order chi connectivity index (χ1) is 8.69. The van der Waals surface area contributed by atoms with Crippen LogP contribution in [-0.2, 0) is 9.53 Å². The van der Waals surface area contributed by atoms with E-state index in [9.17, 15) is 4.79 Å². The van der Waals surface area contributed by atoms with Crippen LogP contribution < -0.4 is 4.90 Å². The van der Waals surface area contributed by atoms with Crippen molar-refractivity contribution in [1.82, 2.24) is 0 Å². The quantitative estimate of drug-likeness (QED) is 0.572. The van der Waals surface area contributed by atoms with Gasteiger partial charge in [-0.2, -0.15) is 0 Å². The lowest BCUT2D eigenvalue weighted by molar-refractivity contribution is -0.139. The van der Waals surface area contributed by atoms with Crippen molar-refractivity contribution in [3.8, 4) is 0 Å². The highest BCUT2D eigenvalue weighted by molar-refractivity contribution is 9.10. The minimum Gasteiger partial charge on any atom is -0.468 e. The van der Waals surface area contributed by atoms with Crippen LogP contribution >= 0.6 is 15.9 Å². The maximum atomic E-state index is 11.5. The van der Waals surface area contributed by atoms with E-state index in [0.29, 0.717) is 6.54 Å². The number of para-hydroxylation sites is 1. The van der Waals surface area contributed by atoms with Crippen LogP contribution in [0.15, 0.2) is 30.3 Å². The van der Waals surface area contributed by atoms with Gasteiger partial charge in [0, 0.05) is 18.8 Å². The summed E-state index contributed by atoms with van der Waals surface area (Å²) in [5, 5.41) is 0. The second kappa shape index (κ2) is 8.14. The Labute approximate surface area is 117 Å². The van der Waals surface area contributed by atoms with Crippen LogP contribution in [0.25, 0.3) is 0 Å². The molecular weight excluding hydrogens is 294 g/mol. The average molecular weight is 314 g/mol. The van der Waals surface area contributed by atoms with E-state index in [1.165, 1.54) is 7.11 Å². The standard InChI is InChI=1S/C14H20BrNO2/c1-3-4-10-16(11-13(15)14(17)18-2)12-8-6-5-7-9-12/h5-9,13H,3-4,10-11H2,1-2H3. The fourth-order valence-electron chi connectivity index (χ4n) is 1.71. The monoisotopic (exact) mass is 313 g/mol. The lowest BCUT2D eigenvalue weighted by Crippen LogP contribution is -2.35. The van der Waals surface area contributed by atoms with Crippen molar-refractivity contribution in [3.05, 3.63) is 30.3 Å². The Morgan fingerprint density at radius 1 is 1.39 bits per heavy atom. The lowest BCUT2D eigenvalue weighted by atomic mass is 10.2. The van der Waals surface area contributed by atoms with Gasteiger partial charge in [0.25, 0.3) is 0 Å². The zero-order valence-corrected chi connectivity index (χ0v) is 12.5. The SMILES string of the molecule is CCCCN(CC(Br)C(=O)OC)c1ccccc1. The highest BCUT2D eigenvalue weighted by Crippen LogP contribution is 2.17. The molecule has 0 spiro atoms. The molecule has 0 aromatic heterocycles. The van der Waals surface area contributed by atoms with Crippen molar-refractivity contribution in [2.24, 2.45) is 0 Å². The van der Waals surface area contributed by atoms with Crippen molar-refractivity contribution in [2.75, 3.05) is 25.1 Å². The molecule has 0 aliphatic rings. The number of anilines is 1. The Morgan fingerprint density at radius 3 is 2.61 bits per heavy atom. The highest BCUT2D eigenvalue weighted by atomic mass is 79.9. The number of unbranched alkanes of at least 4 members (excludes halogenated alkanes) is 1. The first-order valence-corrected chi connectivity index (χ1v) is 7.12. The third kappa shape index (κ3) is 4.69. The Kier molecular flexibility index (Phi) is 6.80. The topological polar surface area (TPSA) is 29.5 Å². The van der Waals surface area contributed by atoms with E-state index in [2.05, 4.69) is 39.9 Å². The molecule has 0 saturated carbocycles. The second-order valence-corrected chi connectivity index (χ2v) is 5.23. The number of benzene rings is 1. The summed E-state index contributed by atoms with van der Waals surface area (Å²) in [5.74, 6) is -0.229. The molecular formula is C14H20BrNO2. The van der Waals surface area contributed by atoms with Gasteiger partial charge in [-0.3, -0.25) is 4.79 Å². The number of ether oxygens (including phenoxy) is 1. The molecule has 0 aliphatic heterocycles. The predicted octanol–water partition coefficient (Wildman–Crippen LogP) is 3.23. The number of esters is 1. The Hall–Kier alpha value is -1.03. The van der Waals surface area contributed by atoms with E-state index in [-0.39, 0.29) is 10.8 Å². The number of carbonyl (C=O) groups excluding carboxylic acids is 1. The van der Waals surface area contributed by atoms with Gasteiger partial charge in [-0.1, -0.05) is 47.5 Å². The van der Waals surface area contributed by atoms with Crippen LogP contribution in [0.3, 0.4) is 0 Å². The molecule has 0 bridgehead atoms. The molecule has 0 heterocycles. The van der Waals surface area contributed by atoms with E-state index < -0.39 is 0 Å². The largest absolute Gasteiger partial charge is 0.468 e. The number of rotatable bonds is 7. The maximum Gasteiger partial charge on any atom is 0.321 e. The van der Waals surface area contributed by atoms with Gasteiger partial charge in [0.2, 0.25) is 0 Å². The number of carbonyl (C=O) groups is 1.